The molecule has 0 radical (unpaired) electrons. The van der Waals surface area contributed by atoms with Gasteiger partial charge in [-0.25, -0.2) is 0 Å². The number of nitrogens with zero attached hydrogens (tertiary/aromatic N) is 1. The maximum absolute atomic E-state index is 12.6. The lowest BCUT2D eigenvalue weighted by atomic mass is 9.42. The lowest BCUT2D eigenvalue weighted by molar-refractivity contribution is -0.300. The van der Waals surface area contributed by atoms with Gasteiger partial charge in [-0.05, 0) is 31.2 Å². The molecule has 6 aliphatic rings. The van der Waals surface area contributed by atoms with Gasteiger partial charge < -0.3 is 34.3 Å². The Bertz CT molecular complexity index is 903. The van der Waals surface area contributed by atoms with Gasteiger partial charge in [-0.15, -0.1) is 0 Å². The molecule has 0 unspecified atom stereocenters. The molecule has 1 aliphatic heterocycles. The number of rotatable bonds is 6. The lowest BCUT2D eigenvalue weighted by Gasteiger charge is -2.70. The summed E-state index contributed by atoms with van der Waals surface area (Å²) in [5.74, 6) is -0.964. The van der Waals surface area contributed by atoms with Gasteiger partial charge in [-0.3, -0.25) is 9.69 Å². The van der Waals surface area contributed by atoms with E-state index in [4.69, 9.17) is 18.9 Å². The molecular formula is C26H41NO8. The maximum atomic E-state index is 12.6. The number of esters is 1. The topological polar surface area (TPSA) is 118 Å². The van der Waals surface area contributed by atoms with Gasteiger partial charge in [-0.2, -0.15) is 0 Å². The van der Waals surface area contributed by atoms with Gasteiger partial charge in [0.1, 0.15) is 11.2 Å². The van der Waals surface area contributed by atoms with E-state index in [1.165, 1.54) is 6.92 Å². The number of piperidine rings is 1. The second-order valence-electron chi connectivity index (χ2n) is 12.3. The summed E-state index contributed by atoms with van der Waals surface area (Å²) in [5.41, 5.74) is -3.27. The van der Waals surface area contributed by atoms with Crippen LogP contribution in [0.25, 0.3) is 0 Å². The summed E-state index contributed by atoms with van der Waals surface area (Å²) >= 11 is 0. The summed E-state index contributed by atoms with van der Waals surface area (Å²) in [4.78, 5) is 15.1. The smallest absolute Gasteiger partial charge is 0.303 e. The van der Waals surface area contributed by atoms with Crippen molar-refractivity contribution in [3.05, 3.63) is 0 Å². The van der Waals surface area contributed by atoms with Crippen molar-refractivity contribution in [3.8, 4) is 0 Å². The molecule has 5 aliphatic carbocycles. The molecule has 9 heteroatoms. The van der Waals surface area contributed by atoms with Crippen molar-refractivity contribution in [1.29, 1.82) is 0 Å². The summed E-state index contributed by atoms with van der Waals surface area (Å²) in [6, 6.07) is 0.0469. The average molecular weight is 496 g/mol. The van der Waals surface area contributed by atoms with E-state index >= 15 is 0 Å². The molecule has 3 N–H and O–H groups in total. The number of methoxy groups -OCH3 is 3. The molecule has 0 amide bonds. The molecule has 9 nitrogen and oxygen atoms in total. The Morgan fingerprint density at radius 3 is 2.37 bits per heavy atom. The van der Waals surface area contributed by atoms with Crippen molar-refractivity contribution >= 4 is 5.97 Å². The van der Waals surface area contributed by atoms with Crippen LogP contribution >= 0.6 is 0 Å². The van der Waals surface area contributed by atoms with Crippen molar-refractivity contribution in [2.24, 2.45) is 34.5 Å². The molecule has 13 atom stereocenters. The van der Waals surface area contributed by atoms with Crippen LogP contribution in [0.4, 0.5) is 0 Å². The van der Waals surface area contributed by atoms with Crippen LogP contribution in [0.3, 0.4) is 0 Å². The minimum Gasteiger partial charge on any atom is -0.458 e. The summed E-state index contributed by atoms with van der Waals surface area (Å²) in [7, 11) is 4.97. The van der Waals surface area contributed by atoms with E-state index in [0.29, 0.717) is 32.4 Å². The fourth-order valence-corrected chi connectivity index (χ4v) is 11.0. The van der Waals surface area contributed by atoms with E-state index in [-0.39, 0.29) is 35.9 Å². The normalized spacial score (nSPS) is 57.9. The van der Waals surface area contributed by atoms with Crippen molar-refractivity contribution in [1.82, 2.24) is 4.90 Å². The SMILES string of the molecule is CCN1C[C@]2(COC)[C@H](O)C[C@H](OC)[C@@]34[C@@H]5C[C@]6(O)[C@@H](OC)C[C@@](OC(C)=O)([C@H]5[C@H]6O)[C@@H](C[C@H]23)[C@@H]14. The third-order valence-corrected chi connectivity index (χ3v) is 11.7. The number of hydrogen-bond acceptors (Lipinski definition) is 9. The van der Waals surface area contributed by atoms with Crippen LogP contribution < -0.4 is 0 Å². The number of fused-ring (bicyclic) bond motifs is 2. The first-order valence-electron chi connectivity index (χ1n) is 13.2. The van der Waals surface area contributed by atoms with Crippen molar-refractivity contribution in [2.75, 3.05) is 41.0 Å². The quantitative estimate of drug-likeness (QED) is 0.444. The maximum Gasteiger partial charge on any atom is 0.303 e. The molecule has 35 heavy (non-hydrogen) atoms. The van der Waals surface area contributed by atoms with Crippen LogP contribution in [0.1, 0.15) is 39.5 Å². The molecule has 0 aromatic rings. The monoisotopic (exact) mass is 495 g/mol. The predicted octanol–water partition coefficient (Wildman–Crippen LogP) is 0.188. The second kappa shape index (κ2) is 7.62. The summed E-state index contributed by atoms with van der Waals surface area (Å²) in [6.45, 7) is 5.48. The second-order valence-corrected chi connectivity index (χ2v) is 12.3. The van der Waals surface area contributed by atoms with E-state index in [2.05, 4.69) is 11.8 Å². The highest BCUT2D eigenvalue weighted by molar-refractivity contribution is 5.67. The first kappa shape index (κ1) is 24.5. The Hall–Kier alpha value is -0.810. The summed E-state index contributed by atoms with van der Waals surface area (Å²) < 4.78 is 24.2. The molecule has 6 rings (SSSR count). The Kier molecular flexibility index (Phi) is 5.34. The van der Waals surface area contributed by atoms with E-state index in [1.807, 2.05) is 0 Å². The largest absolute Gasteiger partial charge is 0.458 e. The molecule has 7 bridgehead atoms. The van der Waals surface area contributed by atoms with E-state index in [1.54, 1.807) is 21.3 Å². The molecule has 198 valence electrons. The molecule has 1 spiro atoms. The third kappa shape index (κ3) is 2.52. The van der Waals surface area contributed by atoms with Gasteiger partial charge in [-0.1, -0.05) is 6.92 Å². The first-order chi connectivity index (χ1) is 16.6. The number of aliphatic hydroxyl groups excluding tert-OH is 2. The van der Waals surface area contributed by atoms with Crippen molar-refractivity contribution in [3.63, 3.8) is 0 Å². The number of hydrogen-bond donors (Lipinski definition) is 3. The van der Waals surface area contributed by atoms with E-state index in [0.717, 1.165) is 13.0 Å². The molecule has 0 aromatic carbocycles. The van der Waals surface area contributed by atoms with Crippen molar-refractivity contribution in [2.45, 2.75) is 81.2 Å². The van der Waals surface area contributed by atoms with Crippen LogP contribution in [-0.4, -0.2) is 109 Å². The predicted molar refractivity (Wildman–Crippen MR) is 123 cm³/mol. The number of carbonyl (C=O) groups excluding carboxylic acids is 1. The Balaban J connectivity index is 1.64. The number of likely N-dealkylation sites (tertiary alicyclic amines) is 1. The van der Waals surface area contributed by atoms with Gasteiger partial charge in [0.15, 0.2) is 0 Å². The summed E-state index contributed by atoms with van der Waals surface area (Å²) in [6.07, 6.45) is -0.588. The summed E-state index contributed by atoms with van der Waals surface area (Å²) in [5, 5.41) is 35.2. The van der Waals surface area contributed by atoms with Crippen LogP contribution in [0.15, 0.2) is 0 Å². The first-order valence-corrected chi connectivity index (χ1v) is 13.2. The number of carbonyl (C=O) groups is 1. The average Bonchev–Trinajstić information content (AvgIpc) is 3.18. The highest BCUT2D eigenvalue weighted by Gasteiger charge is 2.87. The van der Waals surface area contributed by atoms with Crippen molar-refractivity contribution < 1.29 is 39.1 Å². The van der Waals surface area contributed by atoms with Gasteiger partial charge in [0.25, 0.3) is 0 Å². The standard InChI is InChI=1S/C26H41NO8/c1-6-27-11-23(12-32-3)16-7-14-21(27)26(16,18(33-4)8-17(23)29)15-9-24(31)19(34-5)10-25(14,35-13(2)28)20(15)22(24)30/h14-22,29-31H,6-12H2,1-5H3/t14-,15+,16+,17+,18-,19-,20+,21+,22+,23+,24-,25-,26+/m0/s1. The fraction of sp³-hybridized carbons (Fsp3) is 0.962. The van der Waals surface area contributed by atoms with Crippen LogP contribution in [0.2, 0.25) is 0 Å². The number of ether oxygens (including phenoxy) is 4. The molecule has 0 aromatic heterocycles. The molecule has 6 fully saturated rings. The van der Waals surface area contributed by atoms with Gasteiger partial charge in [0.05, 0.1) is 31.0 Å². The van der Waals surface area contributed by atoms with E-state index in [9.17, 15) is 20.1 Å². The third-order valence-electron chi connectivity index (χ3n) is 11.7. The zero-order valence-electron chi connectivity index (χ0n) is 21.5. The molecule has 1 saturated heterocycles. The highest BCUT2D eigenvalue weighted by Crippen LogP contribution is 2.80. The molecule has 1 heterocycles. The fourth-order valence-electron chi connectivity index (χ4n) is 11.0. The minimum absolute atomic E-state index is 0.0469. The van der Waals surface area contributed by atoms with Gasteiger partial charge in [0, 0.05) is 76.3 Å². The lowest BCUT2D eigenvalue weighted by Crippen LogP contribution is -2.79. The molecular weight excluding hydrogens is 454 g/mol. The zero-order valence-corrected chi connectivity index (χ0v) is 21.5. The van der Waals surface area contributed by atoms with Gasteiger partial charge in [0.2, 0.25) is 0 Å². The number of aliphatic hydroxyl groups is 3. The van der Waals surface area contributed by atoms with Crippen LogP contribution in [0.5, 0.6) is 0 Å². The minimum atomic E-state index is -1.42. The Morgan fingerprint density at radius 2 is 1.77 bits per heavy atom. The Morgan fingerprint density at radius 1 is 1.06 bits per heavy atom. The Labute approximate surface area is 207 Å². The van der Waals surface area contributed by atoms with Gasteiger partial charge >= 0.3 is 5.97 Å². The van der Waals surface area contributed by atoms with Crippen LogP contribution in [-0.2, 0) is 23.7 Å². The van der Waals surface area contributed by atoms with E-state index < -0.39 is 46.3 Å². The highest BCUT2D eigenvalue weighted by atomic mass is 16.6. The molecule has 5 saturated carbocycles. The van der Waals surface area contributed by atoms with Crippen LogP contribution in [0, 0.1) is 34.5 Å². The zero-order chi connectivity index (χ0) is 25.1.